The molecule has 0 aliphatic rings. The average Bonchev–Trinajstić information content (AvgIpc) is 2.22. The standard InChI is InChI=1S/C9H6Cl2F2O4/c10-3-1-2-4(17-9(12)13)5(6(3)11)7(14)8(15)16/h1-2,7,9,14H,(H,15,16)/t7-/m1/s1. The lowest BCUT2D eigenvalue weighted by molar-refractivity contribution is -0.147. The maximum absolute atomic E-state index is 12.1. The Morgan fingerprint density at radius 3 is 2.41 bits per heavy atom. The van der Waals surface area contributed by atoms with Crippen LogP contribution < -0.4 is 4.74 Å². The largest absolute Gasteiger partial charge is 0.479 e. The number of aliphatic hydroxyl groups excluding tert-OH is 1. The van der Waals surface area contributed by atoms with Gasteiger partial charge in [-0.2, -0.15) is 8.78 Å². The van der Waals surface area contributed by atoms with Crippen LogP contribution >= 0.6 is 23.2 Å². The molecule has 0 aromatic heterocycles. The number of aliphatic carboxylic acids is 1. The molecule has 0 spiro atoms. The summed E-state index contributed by atoms with van der Waals surface area (Å²) in [6.45, 7) is -3.17. The van der Waals surface area contributed by atoms with E-state index in [4.69, 9.17) is 28.3 Å². The van der Waals surface area contributed by atoms with Crippen LogP contribution in [0.25, 0.3) is 0 Å². The summed E-state index contributed by atoms with van der Waals surface area (Å²) in [4.78, 5) is 10.6. The molecule has 17 heavy (non-hydrogen) atoms. The topological polar surface area (TPSA) is 66.8 Å². The first-order valence-corrected chi connectivity index (χ1v) is 4.93. The minimum atomic E-state index is -3.17. The van der Waals surface area contributed by atoms with E-state index >= 15 is 0 Å². The lowest BCUT2D eigenvalue weighted by Gasteiger charge is -2.15. The molecule has 8 heteroatoms. The third-order valence-electron chi connectivity index (χ3n) is 1.82. The van der Waals surface area contributed by atoms with Gasteiger partial charge in [0, 0.05) is 0 Å². The lowest BCUT2D eigenvalue weighted by atomic mass is 10.1. The zero-order valence-electron chi connectivity index (χ0n) is 8.03. The van der Waals surface area contributed by atoms with Gasteiger partial charge in [-0.3, -0.25) is 0 Å². The Morgan fingerprint density at radius 2 is 1.94 bits per heavy atom. The summed E-state index contributed by atoms with van der Waals surface area (Å²) < 4.78 is 28.2. The third-order valence-corrected chi connectivity index (χ3v) is 2.63. The number of aliphatic hydroxyl groups is 1. The van der Waals surface area contributed by atoms with Gasteiger partial charge in [0.15, 0.2) is 6.10 Å². The van der Waals surface area contributed by atoms with Crippen molar-refractivity contribution in [2.24, 2.45) is 0 Å². The molecule has 0 saturated carbocycles. The Bertz CT molecular complexity index is 439. The van der Waals surface area contributed by atoms with E-state index in [0.717, 1.165) is 12.1 Å². The zero-order chi connectivity index (χ0) is 13.2. The lowest BCUT2D eigenvalue weighted by Crippen LogP contribution is -2.14. The molecule has 0 radical (unpaired) electrons. The van der Waals surface area contributed by atoms with Crippen LogP contribution in [-0.2, 0) is 4.79 Å². The molecular formula is C9H6Cl2F2O4. The SMILES string of the molecule is O=C(O)[C@H](O)c1c(OC(F)F)ccc(Cl)c1Cl. The molecule has 0 amide bonds. The number of rotatable bonds is 4. The van der Waals surface area contributed by atoms with Crippen molar-refractivity contribution in [1.29, 1.82) is 0 Å². The van der Waals surface area contributed by atoms with Gasteiger partial charge in [-0.15, -0.1) is 0 Å². The number of carbonyl (C=O) groups is 1. The van der Waals surface area contributed by atoms with Gasteiger partial charge >= 0.3 is 12.6 Å². The van der Waals surface area contributed by atoms with E-state index in [1.807, 2.05) is 0 Å². The van der Waals surface area contributed by atoms with Gasteiger partial charge in [-0.1, -0.05) is 23.2 Å². The molecule has 0 unspecified atom stereocenters. The van der Waals surface area contributed by atoms with Crippen LogP contribution in [-0.4, -0.2) is 22.8 Å². The molecule has 94 valence electrons. The van der Waals surface area contributed by atoms with Crippen LogP contribution in [0.15, 0.2) is 12.1 Å². The van der Waals surface area contributed by atoms with Gasteiger partial charge in [0.25, 0.3) is 0 Å². The Morgan fingerprint density at radius 1 is 1.35 bits per heavy atom. The number of benzene rings is 1. The van der Waals surface area contributed by atoms with E-state index in [9.17, 15) is 18.7 Å². The fraction of sp³-hybridized carbons (Fsp3) is 0.222. The third kappa shape index (κ3) is 3.18. The second-order valence-electron chi connectivity index (χ2n) is 2.89. The molecule has 1 rings (SSSR count). The maximum Gasteiger partial charge on any atom is 0.387 e. The molecule has 2 N–H and O–H groups in total. The molecule has 0 aliphatic heterocycles. The number of halogens is 4. The Balaban J connectivity index is 3.30. The van der Waals surface area contributed by atoms with Gasteiger partial charge in [-0.05, 0) is 12.1 Å². The van der Waals surface area contributed by atoms with Gasteiger partial charge in [-0.25, -0.2) is 4.79 Å². The van der Waals surface area contributed by atoms with Crippen molar-refractivity contribution in [3.05, 3.63) is 27.7 Å². The monoisotopic (exact) mass is 286 g/mol. The minimum absolute atomic E-state index is 0.0800. The van der Waals surface area contributed by atoms with E-state index in [1.54, 1.807) is 0 Å². The molecule has 1 atom stereocenters. The van der Waals surface area contributed by atoms with Crippen LogP contribution in [0.3, 0.4) is 0 Å². The van der Waals surface area contributed by atoms with Gasteiger partial charge in [0.1, 0.15) is 5.75 Å². The quantitative estimate of drug-likeness (QED) is 0.893. The number of hydrogen-bond acceptors (Lipinski definition) is 3. The maximum atomic E-state index is 12.1. The van der Waals surface area contributed by atoms with E-state index in [1.165, 1.54) is 0 Å². The van der Waals surface area contributed by atoms with Crippen LogP contribution in [0.1, 0.15) is 11.7 Å². The van der Waals surface area contributed by atoms with Crippen molar-refractivity contribution in [1.82, 2.24) is 0 Å². The summed E-state index contributed by atoms with van der Waals surface area (Å²) in [6, 6.07) is 2.15. The van der Waals surface area contributed by atoms with Gasteiger partial charge < -0.3 is 14.9 Å². The summed E-state index contributed by atoms with van der Waals surface area (Å²) in [5.74, 6) is -2.20. The number of alkyl halides is 2. The first kappa shape index (κ1) is 14.0. The van der Waals surface area contributed by atoms with Crippen LogP contribution in [0.4, 0.5) is 8.78 Å². The molecule has 4 nitrogen and oxygen atoms in total. The van der Waals surface area contributed by atoms with E-state index in [2.05, 4.69) is 4.74 Å². The predicted molar refractivity (Wildman–Crippen MR) is 55.7 cm³/mol. The summed E-state index contributed by atoms with van der Waals surface area (Å²) in [6.07, 6.45) is -2.10. The summed E-state index contributed by atoms with van der Waals surface area (Å²) in [5, 5.41) is 17.5. The van der Waals surface area contributed by atoms with E-state index in [-0.39, 0.29) is 10.0 Å². The van der Waals surface area contributed by atoms with Crippen molar-refractivity contribution in [3.63, 3.8) is 0 Å². The molecule has 0 saturated heterocycles. The van der Waals surface area contributed by atoms with Gasteiger partial charge in [0.05, 0.1) is 15.6 Å². The number of hydrogen-bond donors (Lipinski definition) is 2. The fourth-order valence-corrected chi connectivity index (χ4v) is 1.55. The highest BCUT2D eigenvalue weighted by Crippen LogP contribution is 2.38. The molecule has 0 heterocycles. The van der Waals surface area contributed by atoms with Gasteiger partial charge in [0.2, 0.25) is 0 Å². The number of ether oxygens (including phenoxy) is 1. The average molecular weight is 287 g/mol. The van der Waals surface area contributed by atoms with Crippen LogP contribution in [0.2, 0.25) is 10.0 Å². The zero-order valence-corrected chi connectivity index (χ0v) is 9.54. The highest BCUT2D eigenvalue weighted by molar-refractivity contribution is 6.42. The Hall–Kier alpha value is -1.11. The van der Waals surface area contributed by atoms with Crippen molar-refractivity contribution >= 4 is 29.2 Å². The Labute approximate surface area is 104 Å². The van der Waals surface area contributed by atoms with E-state index < -0.39 is 30.0 Å². The normalized spacial score (nSPS) is 12.6. The first-order chi connectivity index (χ1) is 7.84. The summed E-state index contributed by atoms with van der Waals surface area (Å²) in [7, 11) is 0. The van der Waals surface area contributed by atoms with Crippen LogP contribution in [0, 0.1) is 0 Å². The molecule has 1 aromatic rings. The molecule has 0 fully saturated rings. The smallest absolute Gasteiger partial charge is 0.387 e. The molecule has 1 aromatic carbocycles. The highest BCUT2D eigenvalue weighted by Gasteiger charge is 2.26. The van der Waals surface area contributed by atoms with Crippen molar-refractivity contribution in [3.8, 4) is 5.75 Å². The van der Waals surface area contributed by atoms with E-state index in [0.29, 0.717) is 0 Å². The molecule has 0 aliphatic carbocycles. The molecule has 0 bridgehead atoms. The second-order valence-corrected chi connectivity index (χ2v) is 3.68. The van der Waals surface area contributed by atoms with Crippen molar-refractivity contribution in [2.75, 3.05) is 0 Å². The fourth-order valence-electron chi connectivity index (χ4n) is 1.13. The Kier molecular flexibility index (Phi) is 4.50. The number of carboxylic acids is 1. The second kappa shape index (κ2) is 5.48. The highest BCUT2D eigenvalue weighted by atomic mass is 35.5. The number of carboxylic acid groups (broad SMARTS) is 1. The van der Waals surface area contributed by atoms with Crippen LogP contribution in [0.5, 0.6) is 5.75 Å². The minimum Gasteiger partial charge on any atom is -0.479 e. The van der Waals surface area contributed by atoms with Crippen molar-refractivity contribution in [2.45, 2.75) is 12.7 Å². The van der Waals surface area contributed by atoms with Crippen molar-refractivity contribution < 1.29 is 28.5 Å². The summed E-state index contributed by atoms with van der Waals surface area (Å²) >= 11 is 11.2. The first-order valence-electron chi connectivity index (χ1n) is 4.18. The summed E-state index contributed by atoms with van der Waals surface area (Å²) in [5.41, 5.74) is -0.507. The molecular weight excluding hydrogens is 281 g/mol. The predicted octanol–water partition coefficient (Wildman–Crippen LogP) is 2.71.